The van der Waals surface area contributed by atoms with Crippen molar-refractivity contribution >= 4 is 0 Å². The summed E-state index contributed by atoms with van der Waals surface area (Å²) in [5.41, 5.74) is 1.00. The molecule has 1 aromatic heterocycles. The average Bonchev–Trinajstić information content (AvgIpc) is 2.92. The van der Waals surface area contributed by atoms with Crippen LogP contribution in [0.15, 0.2) is 10.6 Å². The van der Waals surface area contributed by atoms with Gasteiger partial charge in [0.25, 0.3) is 0 Å². The molecule has 0 amide bonds. The Hall–Kier alpha value is -0.950. The standard InChI is InChI=1S/C17H29N3O3/c1-20(2)9-16-7-15(19-23-16)8-17(11-22-12-17)18-14-5-3-13(10-21)4-6-14/h7,13-14,18,21H,3-6,8-12H2,1-2H3. The summed E-state index contributed by atoms with van der Waals surface area (Å²) in [6, 6.07) is 2.58. The van der Waals surface area contributed by atoms with Crippen molar-refractivity contribution in [2.24, 2.45) is 5.92 Å². The molecule has 2 N–H and O–H groups in total. The third-order valence-corrected chi connectivity index (χ3v) is 4.97. The number of aliphatic hydroxyl groups is 1. The van der Waals surface area contributed by atoms with E-state index in [0.29, 0.717) is 18.6 Å². The van der Waals surface area contributed by atoms with Crippen LogP contribution < -0.4 is 5.32 Å². The maximum atomic E-state index is 9.26. The summed E-state index contributed by atoms with van der Waals surface area (Å²) < 4.78 is 10.9. The smallest absolute Gasteiger partial charge is 0.150 e. The summed E-state index contributed by atoms with van der Waals surface area (Å²) >= 11 is 0. The highest BCUT2D eigenvalue weighted by molar-refractivity contribution is 5.12. The molecule has 0 spiro atoms. The van der Waals surface area contributed by atoms with Gasteiger partial charge in [0.15, 0.2) is 5.76 Å². The first-order valence-electron chi connectivity index (χ1n) is 8.64. The maximum absolute atomic E-state index is 9.26. The quantitative estimate of drug-likeness (QED) is 0.785. The van der Waals surface area contributed by atoms with Gasteiger partial charge >= 0.3 is 0 Å². The summed E-state index contributed by atoms with van der Waals surface area (Å²) in [4.78, 5) is 2.07. The minimum atomic E-state index is 0.00295. The molecule has 1 aliphatic heterocycles. The van der Waals surface area contributed by atoms with Crippen molar-refractivity contribution in [2.75, 3.05) is 33.9 Å². The van der Waals surface area contributed by atoms with Gasteiger partial charge in [0.1, 0.15) is 0 Å². The van der Waals surface area contributed by atoms with Gasteiger partial charge in [-0.25, -0.2) is 0 Å². The maximum Gasteiger partial charge on any atom is 0.150 e. The van der Waals surface area contributed by atoms with Gasteiger partial charge in [-0.2, -0.15) is 0 Å². The molecular formula is C17H29N3O3. The lowest BCUT2D eigenvalue weighted by molar-refractivity contribution is -0.0823. The van der Waals surface area contributed by atoms with Crippen LogP contribution in [0.4, 0.5) is 0 Å². The SMILES string of the molecule is CN(C)Cc1cc(CC2(NC3CCC(CO)CC3)COC2)no1. The minimum absolute atomic E-state index is 0.00295. The Morgan fingerprint density at radius 2 is 2.04 bits per heavy atom. The van der Waals surface area contributed by atoms with Crippen LogP contribution in [0.1, 0.15) is 37.1 Å². The zero-order valence-corrected chi connectivity index (χ0v) is 14.3. The summed E-state index contributed by atoms with van der Waals surface area (Å²) in [5, 5.41) is 17.3. The topological polar surface area (TPSA) is 70.8 Å². The molecule has 23 heavy (non-hydrogen) atoms. The third-order valence-electron chi connectivity index (χ3n) is 4.97. The van der Waals surface area contributed by atoms with Gasteiger partial charge in [-0.05, 0) is 45.7 Å². The van der Waals surface area contributed by atoms with Crippen LogP contribution in [0.3, 0.4) is 0 Å². The number of aliphatic hydroxyl groups excluding tert-OH is 1. The first-order valence-corrected chi connectivity index (χ1v) is 8.64. The Kier molecular flexibility index (Phi) is 5.36. The molecule has 0 atom stereocenters. The van der Waals surface area contributed by atoms with E-state index in [9.17, 15) is 5.11 Å². The van der Waals surface area contributed by atoms with Gasteiger partial charge < -0.3 is 24.6 Å². The molecule has 0 radical (unpaired) electrons. The molecule has 2 aliphatic rings. The fourth-order valence-corrected chi connectivity index (χ4v) is 3.68. The van der Waals surface area contributed by atoms with E-state index in [1.807, 2.05) is 14.1 Å². The molecule has 6 nitrogen and oxygen atoms in total. The van der Waals surface area contributed by atoms with Gasteiger partial charge in [-0.1, -0.05) is 5.16 Å². The molecule has 0 aromatic carbocycles. The highest BCUT2D eigenvalue weighted by Crippen LogP contribution is 2.29. The van der Waals surface area contributed by atoms with Crippen LogP contribution in [0.5, 0.6) is 0 Å². The van der Waals surface area contributed by atoms with E-state index in [1.54, 1.807) is 0 Å². The van der Waals surface area contributed by atoms with Crippen molar-refractivity contribution in [2.45, 2.75) is 50.2 Å². The second kappa shape index (κ2) is 7.30. The van der Waals surface area contributed by atoms with E-state index < -0.39 is 0 Å². The van der Waals surface area contributed by atoms with Crippen LogP contribution in [0, 0.1) is 5.92 Å². The van der Waals surface area contributed by atoms with Gasteiger partial charge in [0.05, 0.1) is 31.0 Å². The van der Waals surface area contributed by atoms with Crippen molar-refractivity contribution in [3.63, 3.8) is 0 Å². The van der Waals surface area contributed by atoms with E-state index in [0.717, 1.165) is 63.3 Å². The molecule has 3 rings (SSSR count). The highest BCUT2D eigenvalue weighted by Gasteiger charge is 2.41. The minimum Gasteiger partial charge on any atom is -0.396 e. The molecule has 2 heterocycles. The monoisotopic (exact) mass is 323 g/mol. The van der Waals surface area contributed by atoms with E-state index in [2.05, 4.69) is 21.4 Å². The number of hydrogen-bond acceptors (Lipinski definition) is 6. The fourth-order valence-electron chi connectivity index (χ4n) is 3.68. The number of nitrogens with zero attached hydrogens (tertiary/aromatic N) is 2. The second-order valence-electron chi connectivity index (χ2n) is 7.52. The first kappa shape index (κ1) is 16.9. The lowest BCUT2D eigenvalue weighted by atomic mass is 9.83. The van der Waals surface area contributed by atoms with Crippen LogP contribution in [-0.2, 0) is 17.7 Å². The molecule has 1 aliphatic carbocycles. The Balaban J connectivity index is 1.55. The number of nitrogens with one attached hydrogen (secondary N) is 1. The zero-order chi connectivity index (χ0) is 16.3. The zero-order valence-electron chi connectivity index (χ0n) is 14.3. The molecule has 130 valence electrons. The van der Waals surface area contributed by atoms with Gasteiger partial charge in [0, 0.05) is 25.1 Å². The lowest BCUT2D eigenvalue weighted by Crippen LogP contribution is -2.64. The Bertz CT molecular complexity index is 491. The first-order chi connectivity index (χ1) is 11.1. The predicted octanol–water partition coefficient (Wildman–Crippen LogP) is 1.19. The molecule has 2 fully saturated rings. The molecular weight excluding hydrogens is 294 g/mol. The summed E-state index contributed by atoms with van der Waals surface area (Å²) in [6.45, 7) is 2.58. The van der Waals surface area contributed by atoms with Crippen LogP contribution >= 0.6 is 0 Å². The van der Waals surface area contributed by atoms with E-state index in [-0.39, 0.29) is 5.54 Å². The van der Waals surface area contributed by atoms with Crippen molar-refractivity contribution < 1.29 is 14.4 Å². The van der Waals surface area contributed by atoms with Crippen molar-refractivity contribution in [1.82, 2.24) is 15.4 Å². The van der Waals surface area contributed by atoms with Crippen LogP contribution in [0.25, 0.3) is 0 Å². The van der Waals surface area contributed by atoms with Gasteiger partial charge in [-0.15, -0.1) is 0 Å². The fraction of sp³-hybridized carbons (Fsp3) is 0.824. The molecule has 1 saturated carbocycles. The number of hydrogen-bond donors (Lipinski definition) is 2. The van der Waals surface area contributed by atoms with E-state index >= 15 is 0 Å². The third kappa shape index (κ3) is 4.32. The molecule has 0 bridgehead atoms. The normalized spacial score (nSPS) is 27.1. The Labute approximate surface area is 138 Å². The summed E-state index contributed by atoms with van der Waals surface area (Å²) in [6.07, 6.45) is 5.35. The Morgan fingerprint density at radius 1 is 1.30 bits per heavy atom. The predicted molar refractivity (Wildman–Crippen MR) is 87.1 cm³/mol. The van der Waals surface area contributed by atoms with Crippen molar-refractivity contribution in [3.8, 4) is 0 Å². The highest BCUT2D eigenvalue weighted by atomic mass is 16.5. The molecule has 6 heteroatoms. The largest absolute Gasteiger partial charge is 0.396 e. The lowest BCUT2D eigenvalue weighted by Gasteiger charge is -2.45. The molecule has 0 unspecified atom stereocenters. The van der Waals surface area contributed by atoms with Crippen LogP contribution in [0.2, 0.25) is 0 Å². The van der Waals surface area contributed by atoms with Gasteiger partial charge in [0.2, 0.25) is 0 Å². The average molecular weight is 323 g/mol. The van der Waals surface area contributed by atoms with E-state index in [4.69, 9.17) is 9.26 Å². The summed E-state index contributed by atoms with van der Waals surface area (Å²) in [5.74, 6) is 1.40. The van der Waals surface area contributed by atoms with Crippen molar-refractivity contribution in [1.29, 1.82) is 0 Å². The van der Waals surface area contributed by atoms with Gasteiger partial charge in [-0.3, -0.25) is 0 Å². The molecule has 1 aromatic rings. The molecule has 1 saturated heterocycles. The van der Waals surface area contributed by atoms with Crippen LogP contribution in [-0.4, -0.2) is 60.7 Å². The summed E-state index contributed by atoms with van der Waals surface area (Å²) in [7, 11) is 4.04. The number of rotatable bonds is 7. The second-order valence-corrected chi connectivity index (χ2v) is 7.52. The number of aromatic nitrogens is 1. The van der Waals surface area contributed by atoms with E-state index in [1.165, 1.54) is 0 Å². The Morgan fingerprint density at radius 3 is 2.61 bits per heavy atom. The van der Waals surface area contributed by atoms with Crippen molar-refractivity contribution in [3.05, 3.63) is 17.5 Å². The number of ether oxygens (including phenoxy) is 1.